The summed E-state index contributed by atoms with van der Waals surface area (Å²) in [5.41, 5.74) is 4.09. The summed E-state index contributed by atoms with van der Waals surface area (Å²) in [7, 11) is 0. The van der Waals surface area contributed by atoms with Crippen molar-refractivity contribution in [3.05, 3.63) is 71.8 Å². The lowest BCUT2D eigenvalue weighted by Crippen LogP contribution is -2.07. The van der Waals surface area contributed by atoms with Crippen molar-refractivity contribution in [1.29, 1.82) is 0 Å². The van der Waals surface area contributed by atoms with Crippen LogP contribution in [0.4, 0.5) is 5.82 Å². The number of nitrogens with zero attached hydrogens (tertiary/aromatic N) is 3. The maximum Gasteiger partial charge on any atom is 0.231 e. The predicted octanol–water partition coefficient (Wildman–Crippen LogP) is 4.15. The summed E-state index contributed by atoms with van der Waals surface area (Å²) < 4.78 is 23.9. The van der Waals surface area contributed by atoms with E-state index in [4.69, 9.17) is 23.9 Å². The van der Waals surface area contributed by atoms with Crippen LogP contribution in [-0.4, -0.2) is 28.0 Å². The molecule has 4 heterocycles. The van der Waals surface area contributed by atoms with Gasteiger partial charge in [-0.3, -0.25) is 9.38 Å². The van der Waals surface area contributed by atoms with Crippen LogP contribution in [0.2, 0.25) is 0 Å². The molecule has 32 heavy (non-hydrogen) atoms. The van der Waals surface area contributed by atoms with Crippen LogP contribution < -0.4 is 24.3 Å². The third-order valence-corrected chi connectivity index (χ3v) is 5.80. The maximum absolute atomic E-state index is 5.54. The summed E-state index contributed by atoms with van der Waals surface area (Å²) in [6.45, 7) is 3.37. The molecule has 162 valence electrons. The number of benzene rings is 2. The zero-order valence-electron chi connectivity index (χ0n) is 17.6. The fourth-order valence-electron chi connectivity index (χ4n) is 4.20. The third-order valence-electron chi connectivity index (χ3n) is 5.80. The minimum atomic E-state index is 0.175. The average Bonchev–Trinajstić information content (AvgIpc) is 3.54. The van der Waals surface area contributed by atoms with Crippen LogP contribution in [0, 0.1) is 0 Å². The molecule has 4 aromatic rings. The number of hydrogen-bond acceptors (Lipinski definition) is 7. The minimum absolute atomic E-state index is 0.175. The highest BCUT2D eigenvalue weighted by molar-refractivity contribution is 5.56. The molecule has 0 fully saturated rings. The lowest BCUT2D eigenvalue weighted by atomic mass is 9.97. The molecule has 0 spiro atoms. The molecule has 2 aliphatic rings. The first-order valence-electron chi connectivity index (χ1n) is 10.6. The number of anilines is 1. The third kappa shape index (κ3) is 3.33. The van der Waals surface area contributed by atoms with Gasteiger partial charge in [-0.15, -0.1) is 0 Å². The molecule has 1 atom stereocenters. The van der Waals surface area contributed by atoms with Gasteiger partial charge >= 0.3 is 0 Å². The Bertz CT molecular complexity index is 1300. The Morgan fingerprint density at radius 2 is 1.62 bits per heavy atom. The molecule has 6 rings (SSSR count). The van der Waals surface area contributed by atoms with Crippen LogP contribution >= 0.6 is 0 Å². The number of ether oxygens (including phenoxy) is 4. The van der Waals surface area contributed by atoms with Gasteiger partial charge < -0.3 is 24.3 Å². The van der Waals surface area contributed by atoms with E-state index in [0.29, 0.717) is 6.54 Å². The standard InChI is InChI=1S/C24H22N4O4/c1-15(8-16-2-4-18-20(9-16)31-13-29-18)23-24(28-7-6-25-12-22(28)27-23)26-11-17-3-5-19-21(10-17)32-14-30-19/h2-7,9-10,12,15,26H,8,11,13-14H2,1H3. The fourth-order valence-corrected chi connectivity index (χ4v) is 4.20. The Hall–Kier alpha value is -3.94. The molecule has 2 aromatic carbocycles. The van der Waals surface area contributed by atoms with Crippen molar-refractivity contribution in [3.8, 4) is 23.0 Å². The van der Waals surface area contributed by atoms with E-state index < -0.39 is 0 Å². The first-order valence-corrected chi connectivity index (χ1v) is 10.6. The zero-order valence-corrected chi connectivity index (χ0v) is 17.6. The summed E-state index contributed by atoms with van der Waals surface area (Å²) in [6.07, 6.45) is 6.31. The molecule has 0 saturated heterocycles. The Kier molecular flexibility index (Phi) is 4.49. The van der Waals surface area contributed by atoms with Crippen LogP contribution in [0.3, 0.4) is 0 Å². The number of aromatic nitrogens is 3. The lowest BCUT2D eigenvalue weighted by Gasteiger charge is -2.14. The van der Waals surface area contributed by atoms with Gasteiger partial charge in [0, 0.05) is 24.9 Å². The predicted molar refractivity (Wildman–Crippen MR) is 118 cm³/mol. The molecule has 8 heteroatoms. The van der Waals surface area contributed by atoms with E-state index in [9.17, 15) is 0 Å². The monoisotopic (exact) mass is 430 g/mol. The van der Waals surface area contributed by atoms with Crippen LogP contribution in [0.25, 0.3) is 5.65 Å². The quantitative estimate of drug-likeness (QED) is 0.492. The number of rotatable bonds is 6. The lowest BCUT2D eigenvalue weighted by molar-refractivity contribution is 0.173. The second-order valence-corrected chi connectivity index (χ2v) is 7.98. The Balaban J connectivity index is 1.28. The van der Waals surface area contributed by atoms with E-state index in [0.717, 1.165) is 52.1 Å². The summed E-state index contributed by atoms with van der Waals surface area (Å²) >= 11 is 0. The molecule has 1 unspecified atom stereocenters. The molecule has 2 aliphatic heterocycles. The number of fused-ring (bicyclic) bond motifs is 3. The fraction of sp³-hybridized carbons (Fsp3) is 0.250. The summed E-state index contributed by atoms with van der Waals surface area (Å²) in [5, 5.41) is 3.58. The van der Waals surface area contributed by atoms with E-state index in [-0.39, 0.29) is 19.5 Å². The van der Waals surface area contributed by atoms with Gasteiger partial charge in [-0.25, -0.2) is 4.98 Å². The topological polar surface area (TPSA) is 79.1 Å². The molecule has 0 amide bonds. The smallest absolute Gasteiger partial charge is 0.231 e. The molecule has 1 N–H and O–H groups in total. The first-order chi connectivity index (χ1) is 15.7. The molecule has 0 radical (unpaired) electrons. The van der Waals surface area contributed by atoms with Crippen molar-refractivity contribution < 1.29 is 18.9 Å². The molecule has 0 aliphatic carbocycles. The molecule has 8 nitrogen and oxygen atoms in total. The van der Waals surface area contributed by atoms with Crippen LogP contribution in [0.15, 0.2) is 55.0 Å². The van der Waals surface area contributed by atoms with Crippen molar-refractivity contribution in [3.63, 3.8) is 0 Å². The van der Waals surface area contributed by atoms with Gasteiger partial charge in [-0.2, -0.15) is 0 Å². The van der Waals surface area contributed by atoms with E-state index in [1.807, 2.05) is 34.9 Å². The molecular weight excluding hydrogens is 408 g/mol. The van der Waals surface area contributed by atoms with Crippen molar-refractivity contribution in [2.75, 3.05) is 18.9 Å². The summed E-state index contributed by atoms with van der Waals surface area (Å²) in [5.74, 6) is 4.31. The van der Waals surface area contributed by atoms with E-state index >= 15 is 0 Å². The van der Waals surface area contributed by atoms with Gasteiger partial charge in [0.1, 0.15) is 5.82 Å². The van der Waals surface area contributed by atoms with E-state index in [1.54, 1.807) is 12.4 Å². The Morgan fingerprint density at radius 1 is 0.938 bits per heavy atom. The first kappa shape index (κ1) is 18.8. The van der Waals surface area contributed by atoms with Crippen LogP contribution in [0.1, 0.15) is 29.7 Å². The van der Waals surface area contributed by atoms with E-state index in [2.05, 4.69) is 29.4 Å². The normalized spacial score (nSPS) is 14.7. The van der Waals surface area contributed by atoms with Gasteiger partial charge in [0.2, 0.25) is 13.6 Å². The number of imidazole rings is 1. The molecule has 0 saturated carbocycles. The van der Waals surface area contributed by atoms with E-state index in [1.165, 1.54) is 5.56 Å². The van der Waals surface area contributed by atoms with Gasteiger partial charge in [-0.1, -0.05) is 19.1 Å². The average molecular weight is 430 g/mol. The van der Waals surface area contributed by atoms with Crippen molar-refractivity contribution in [2.45, 2.75) is 25.8 Å². The number of nitrogens with one attached hydrogen (secondary N) is 1. The van der Waals surface area contributed by atoms with Crippen molar-refractivity contribution in [2.24, 2.45) is 0 Å². The highest BCUT2D eigenvalue weighted by atomic mass is 16.7. The second kappa shape index (κ2) is 7.64. The highest BCUT2D eigenvalue weighted by Crippen LogP contribution is 2.36. The number of hydrogen-bond donors (Lipinski definition) is 1. The molecule has 0 bridgehead atoms. The van der Waals surface area contributed by atoms with Gasteiger partial charge in [-0.05, 0) is 41.8 Å². The highest BCUT2D eigenvalue weighted by Gasteiger charge is 2.21. The largest absolute Gasteiger partial charge is 0.454 e. The summed E-state index contributed by atoms with van der Waals surface area (Å²) in [6, 6.07) is 12.1. The zero-order chi connectivity index (χ0) is 21.5. The minimum Gasteiger partial charge on any atom is -0.454 e. The second-order valence-electron chi connectivity index (χ2n) is 7.98. The Morgan fingerprint density at radius 3 is 2.41 bits per heavy atom. The van der Waals surface area contributed by atoms with Gasteiger partial charge in [0.15, 0.2) is 28.6 Å². The SMILES string of the molecule is CC(Cc1ccc2c(c1)OCO2)c1nc2cnccn2c1NCc1ccc2c(c1)OCO2. The Labute approximate surface area is 184 Å². The molecular formula is C24H22N4O4. The molecule has 2 aromatic heterocycles. The van der Waals surface area contributed by atoms with Gasteiger partial charge in [0.25, 0.3) is 0 Å². The van der Waals surface area contributed by atoms with Crippen molar-refractivity contribution in [1.82, 2.24) is 14.4 Å². The maximum atomic E-state index is 5.54. The van der Waals surface area contributed by atoms with Crippen LogP contribution in [0.5, 0.6) is 23.0 Å². The van der Waals surface area contributed by atoms with Gasteiger partial charge in [0.05, 0.1) is 11.9 Å². The van der Waals surface area contributed by atoms with Crippen LogP contribution in [-0.2, 0) is 13.0 Å². The summed E-state index contributed by atoms with van der Waals surface area (Å²) in [4.78, 5) is 9.12. The van der Waals surface area contributed by atoms with Crippen molar-refractivity contribution >= 4 is 11.5 Å².